The number of phosphoric acid groups is 1. The first-order valence-corrected chi connectivity index (χ1v) is 38.2. The molecular formula is C77H138NO8P. The van der Waals surface area contributed by atoms with Gasteiger partial charge in [-0.1, -0.05) is 336 Å². The van der Waals surface area contributed by atoms with Crippen molar-refractivity contribution in [3.05, 3.63) is 97.2 Å². The van der Waals surface area contributed by atoms with Crippen LogP contribution < -0.4 is 5.73 Å². The van der Waals surface area contributed by atoms with Crippen molar-refractivity contribution < 1.29 is 37.6 Å². The number of phosphoric ester groups is 1. The minimum Gasteiger partial charge on any atom is -0.462 e. The highest BCUT2D eigenvalue weighted by Crippen LogP contribution is 2.43. The van der Waals surface area contributed by atoms with Gasteiger partial charge in [0.2, 0.25) is 0 Å². The van der Waals surface area contributed by atoms with Crippen molar-refractivity contribution in [2.45, 2.75) is 354 Å². The topological polar surface area (TPSA) is 134 Å². The molecule has 3 N–H and O–H groups in total. The highest BCUT2D eigenvalue weighted by atomic mass is 31.2. The molecular weight excluding hydrogens is 1100 g/mol. The van der Waals surface area contributed by atoms with Crippen molar-refractivity contribution in [1.29, 1.82) is 0 Å². The van der Waals surface area contributed by atoms with Gasteiger partial charge in [-0.15, -0.1) is 0 Å². The normalized spacial score (nSPS) is 13.5. The molecule has 2 unspecified atom stereocenters. The molecule has 10 heteroatoms. The molecule has 0 saturated heterocycles. The molecule has 0 heterocycles. The van der Waals surface area contributed by atoms with Crippen LogP contribution in [0.4, 0.5) is 0 Å². The van der Waals surface area contributed by atoms with Gasteiger partial charge in [-0.05, 0) is 96.3 Å². The number of nitrogens with two attached hydrogens (primary N) is 1. The highest BCUT2D eigenvalue weighted by molar-refractivity contribution is 7.47. The molecule has 0 rings (SSSR count). The molecule has 0 saturated carbocycles. The zero-order valence-corrected chi connectivity index (χ0v) is 57.6. The van der Waals surface area contributed by atoms with E-state index < -0.39 is 26.5 Å². The second-order valence-corrected chi connectivity index (χ2v) is 25.9. The van der Waals surface area contributed by atoms with E-state index in [1.54, 1.807) is 0 Å². The quantitative estimate of drug-likeness (QED) is 0.0264. The molecule has 0 aromatic carbocycles. The van der Waals surface area contributed by atoms with E-state index in [-0.39, 0.29) is 38.6 Å². The maximum Gasteiger partial charge on any atom is 0.472 e. The van der Waals surface area contributed by atoms with Crippen molar-refractivity contribution in [2.75, 3.05) is 26.4 Å². The van der Waals surface area contributed by atoms with Gasteiger partial charge in [0.25, 0.3) is 0 Å². The fraction of sp³-hybridized carbons (Fsp3) is 0.766. The molecule has 0 aliphatic carbocycles. The van der Waals surface area contributed by atoms with Crippen LogP contribution in [0.3, 0.4) is 0 Å². The lowest BCUT2D eigenvalue weighted by molar-refractivity contribution is -0.161. The summed E-state index contributed by atoms with van der Waals surface area (Å²) in [6.07, 6.45) is 98.0. The Bertz CT molecular complexity index is 1750. The Balaban J connectivity index is 3.85. The third kappa shape index (κ3) is 71.9. The number of carbonyl (C=O) groups is 2. The Morgan fingerprint density at radius 2 is 0.632 bits per heavy atom. The third-order valence-electron chi connectivity index (χ3n) is 16.0. The molecule has 504 valence electrons. The summed E-state index contributed by atoms with van der Waals surface area (Å²) in [6.45, 7) is 3.68. The van der Waals surface area contributed by atoms with Crippen molar-refractivity contribution >= 4 is 19.8 Å². The van der Waals surface area contributed by atoms with E-state index in [1.165, 1.54) is 231 Å². The number of hydrogen-bond donors (Lipinski definition) is 2. The molecule has 9 nitrogen and oxygen atoms in total. The van der Waals surface area contributed by atoms with Crippen molar-refractivity contribution in [3.63, 3.8) is 0 Å². The van der Waals surface area contributed by atoms with E-state index in [9.17, 15) is 19.0 Å². The maximum absolute atomic E-state index is 12.8. The Morgan fingerprint density at radius 3 is 0.954 bits per heavy atom. The molecule has 0 fully saturated rings. The Kier molecular flexibility index (Phi) is 69.5. The number of unbranched alkanes of at least 4 members (excludes halogenated alkanes) is 40. The van der Waals surface area contributed by atoms with Crippen LogP contribution in [0, 0.1) is 0 Å². The molecule has 0 aromatic heterocycles. The van der Waals surface area contributed by atoms with E-state index >= 15 is 0 Å². The number of carbonyl (C=O) groups excluding carboxylic acids is 2. The number of hydrogen-bond acceptors (Lipinski definition) is 8. The summed E-state index contributed by atoms with van der Waals surface area (Å²) in [6, 6.07) is 0. The summed E-state index contributed by atoms with van der Waals surface area (Å²) in [5, 5.41) is 0. The van der Waals surface area contributed by atoms with Crippen LogP contribution in [0.15, 0.2) is 97.2 Å². The second-order valence-electron chi connectivity index (χ2n) is 24.4. The average molecular weight is 1240 g/mol. The first-order chi connectivity index (χ1) is 42.8. The fourth-order valence-corrected chi connectivity index (χ4v) is 11.3. The van der Waals surface area contributed by atoms with Crippen LogP contribution in [0.2, 0.25) is 0 Å². The van der Waals surface area contributed by atoms with Gasteiger partial charge in [-0.25, -0.2) is 4.57 Å². The summed E-state index contributed by atoms with van der Waals surface area (Å²) in [7, 11) is -4.40. The largest absolute Gasteiger partial charge is 0.472 e. The number of rotatable bonds is 69. The van der Waals surface area contributed by atoms with E-state index in [4.69, 9.17) is 24.3 Å². The molecule has 0 amide bonds. The Morgan fingerprint density at radius 1 is 0.356 bits per heavy atom. The summed E-state index contributed by atoms with van der Waals surface area (Å²) in [5.74, 6) is -0.815. The predicted octanol–water partition coefficient (Wildman–Crippen LogP) is 24.3. The van der Waals surface area contributed by atoms with Gasteiger partial charge in [0, 0.05) is 19.4 Å². The SMILES string of the molecule is CC/C=C\C/C=C\C/C=C\C/C=C\C/C=C\C/C=C\C/C=C\CCCCCCCCCCCCCCCCCC(=O)OC(COC(=O)CCCCCCCCCCCCCCCCCCC/C=C\CCCCCCCCCC)COP(=O)(O)OCCN. The van der Waals surface area contributed by atoms with Crippen LogP contribution in [0.25, 0.3) is 0 Å². The van der Waals surface area contributed by atoms with Gasteiger partial charge >= 0.3 is 19.8 Å². The number of esters is 2. The third-order valence-corrected chi connectivity index (χ3v) is 16.9. The van der Waals surface area contributed by atoms with E-state index in [0.29, 0.717) is 6.42 Å². The van der Waals surface area contributed by atoms with E-state index in [2.05, 4.69) is 111 Å². The molecule has 0 radical (unpaired) electrons. The standard InChI is InChI=1S/C77H138NO8P/c1-3-5-7-9-11-13-15-17-19-21-23-25-27-29-31-33-34-35-36-37-38-39-40-42-44-46-48-50-52-54-56-58-60-62-64-66-68-70-77(80)86-75(74-85-87(81,82)84-72-71-78)73-83-76(79)69-67-65-63-61-59-57-55-53-51-49-47-45-43-41-32-30-28-26-24-22-20-18-16-14-12-10-8-6-4-2/h5,7,11,13,17,19,22-25,29,31,34-35,37-38,75H,3-4,6,8-10,12,14-16,18,20-21,26-28,30,32-33,36,39-74,78H2,1-2H3,(H,81,82)/b7-5-,13-11-,19-17-,24-22-,25-23-,31-29-,35-34-,38-37-. The highest BCUT2D eigenvalue weighted by Gasteiger charge is 2.26. The Labute approximate surface area is 537 Å². The lowest BCUT2D eigenvalue weighted by Crippen LogP contribution is -2.29. The van der Waals surface area contributed by atoms with E-state index in [0.717, 1.165) is 83.5 Å². The first-order valence-electron chi connectivity index (χ1n) is 36.7. The number of allylic oxidation sites excluding steroid dienone is 16. The minimum atomic E-state index is -4.40. The van der Waals surface area contributed by atoms with Crippen LogP contribution in [-0.4, -0.2) is 49.3 Å². The first kappa shape index (κ1) is 83.9. The monoisotopic (exact) mass is 1240 g/mol. The maximum atomic E-state index is 12.8. The fourth-order valence-electron chi connectivity index (χ4n) is 10.6. The van der Waals surface area contributed by atoms with Crippen molar-refractivity contribution in [2.24, 2.45) is 5.73 Å². The summed E-state index contributed by atoms with van der Waals surface area (Å²) in [5.41, 5.74) is 5.41. The van der Waals surface area contributed by atoms with Gasteiger partial charge in [-0.3, -0.25) is 18.6 Å². The zero-order valence-electron chi connectivity index (χ0n) is 56.7. The molecule has 0 spiro atoms. The summed E-state index contributed by atoms with van der Waals surface area (Å²) in [4.78, 5) is 35.4. The zero-order chi connectivity index (χ0) is 63.0. The minimum absolute atomic E-state index is 0.0522. The lowest BCUT2D eigenvalue weighted by Gasteiger charge is -2.19. The summed E-state index contributed by atoms with van der Waals surface area (Å²) >= 11 is 0. The van der Waals surface area contributed by atoms with Gasteiger partial charge in [0.15, 0.2) is 6.10 Å². The van der Waals surface area contributed by atoms with Crippen LogP contribution >= 0.6 is 7.82 Å². The Hall–Kier alpha value is -3.07. The van der Waals surface area contributed by atoms with E-state index in [1.807, 2.05) is 0 Å². The summed E-state index contributed by atoms with van der Waals surface area (Å²) < 4.78 is 33.2. The smallest absolute Gasteiger partial charge is 0.462 e. The second kappa shape index (κ2) is 72.0. The van der Waals surface area contributed by atoms with Gasteiger partial charge in [0.05, 0.1) is 13.2 Å². The number of ether oxygens (including phenoxy) is 2. The molecule has 0 aromatic rings. The molecule has 0 bridgehead atoms. The molecule has 0 aliphatic heterocycles. The van der Waals surface area contributed by atoms with Crippen molar-refractivity contribution in [3.8, 4) is 0 Å². The molecule has 2 atom stereocenters. The van der Waals surface area contributed by atoms with Gasteiger partial charge in [0.1, 0.15) is 6.61 Å². The van der Waals surface area contributed by atoms with Gasteiger partial charge in [-0.2, -0.15) is 0 Å². The average Bonchev–Trinajstić information content (AvgIpc) is 3.65. The van der Waals surface area contributed by atoms with Crippen LogP contribution in [0.5, 0.6) is 0 Å². The lowest BCUT2D eigenvalue weighted by atomic mass is 10.0. The molecule has 0 aliphatic rings. The van der Waals surface area contributed by atoms with Crippen LogP contribution in [0.1, 0.15) is 348 Å². The predicted molar refractivity (Wildman–Crippen MR) is 376 cm³/mol. The van der Waals surface area contributed by atoms with Gasteiger partial charge < -0.3 is 20.1 Å². The molecule has 87 heavy (non-hydrogen) atoms. The van der Waals surface area contributed by atoms with Crippen molar-refractivity contribution in [1.82, 2.24) is 0 Å². The van der Waals surface area contributed by atoms with Crippen LogP contribution in [-0.2, 0) is 32.7 Å².